The van der Waals surface area contributed by atoms with Gasteiger partial charge in [0.15, 0.2) is 17.5 Å². The molecule has 0 aliphatic rings. The van der Waals surface area contributed by atoms with E-state index in [0.29, 0.717) is 4.88 Å². The minimum atomic E-state index is -1.48. The Morgan fingerprint density at radius 1 is 1.06 bits per heavy atom. The normalized spacial score (nSPS) is 12.8. The van der Waals surface area contributed by atoms with E-state index < -0.39 is 22.8 Å². The number of hydrogen-bond donors (Lipinski definition) is 0. The average Bonchev–Trinajstić information content (AvgIpc) is 2.72. The summed E-state index contributed by atoms with van der Waals surface area (Å²) < 4.78 is 39.4. The number of alkyl halides is 1. The van der Waals surface area contributed by atoms with Crippen LogP contribution in [0.5, 0.6) is 0 Å². The summed E-state index contributed by atoms with van der Waals surface area (Å²) in [4.78, 5) is 1.72. The third-order valence-electron chi connectivity index (χ3n) is 2.35. The van der Waals surface area contributed by atoms with E-state index in [4.69, 9.17) is 11.6 Å². The summed E-state index contributed by atoms with van der Waals surface area (Å²) in [7, 11) is 0. The zero-order valence-electron chi connectivity index (χ0n) is 8.81. The fourth-order valence-electron chi connectivity index (χ4n) is 1.48. The van der Waals surface area contributed by atoms with E-state index in [1.54, 1.807) is 6.07 Å². The van der Waals surface area contributed by atoms with Gasteiger partial charge in [-0.05, 0) is 25.1 Å². The van der Waals surface area contributed by atoms with Crippen LogP contribution < -0.4 is 0 Å². The van der Waals surface area contributed by atoms with E-state index in [-0.39, 0.29) is 5.56 Å². The van der Waals surface area contributed by atoms with E-state index in [9.17, 15) is 13.2 Å². The van der Waals surface area contributed by atoms with Crippen LogP contribution in [-0.4, -0.2) is 0 Å². The van der Waals surface area contributed by atoms with Crippen LogP contribution in [0.3, 0.4) is 0 Å². The highest BCUT2D eigenvalue weighted by atomic mass is 35.5. The van der Waals surface area contributed by atoms with Gasteiger partial charge in [-0.15, -0.1) is 22.9 Å². The van der Waals surface area contributed by atoms with E-state index >= 15 is 0 Å². The molecule has 1 aromatic carbocycles. The Hall–Kier alpha value is -1.00. The molecule has 0 aliphatic heterocycles. The minimum absolute atomic E-state index is 0.0487. The lowest BCUT2D eigenvalue weighted by atomic mass is 10.1. The average molecular weight is 277 g/mol. The van der Waals surface area contributed by atoms with Gasteiger partial charge in [0.25, 0.3) is 0 Å². The highest BCUT2D eigenvalue weighted by Crippen LogP contribution is 2.35. The molecule has 2 rings (SSSR count). The molecule has 0 nitrogen and oxygen atoms in total. The summed E-state index contributed by atoms with van der Waals surface area (Å²) in [5, 5.41) is -0.802. The van der Waals surface area contributed by atoms with E-state index in [1.807, 2.05) is 13.0 Å². The fraction of sp³-hybridized carbons (Fsp3) is 0.167. The summed E-state index contributed by atoms with van der Waals surface area (Å²) in [6, 6.07) is 5.63. The van der Waals surface area contributed by atoms with E-state index in [2.05, 4.69) is 0 Å². The van der Waals surface area contributed by atoms with Gasteiger partial charge in [-0.1, -0.05) is 6.07 Å². The highest BCUT2D eigenvalue weighted by molar-refractivity contribution is 7.12. The number of hydrogen-bond acceptors (Lipinski definition) is 1. The summed E-state index contributed by atoms with van der Waals surface area (Å²) in [6.07, 6.45) is 0. The molecule has 2 aromatic rings. The molecular weight excluding hydrogens is 269 g/mol. The van der Waals surface area contributed by atoms with Crippen LogP contribution in [0.15, 0.2) is 24.3 Å². The molecule has 1 heterocycles. The first-order chi connectivity index (χ1) is 8.00. The largest absolute Gasteiger partial charge is 0.204 e. The SMILES string of the molecule is Cc1ccc(C(Cl)c2ccc(F)c(F)c2F)s1. The van der Waals surface area contributed by atoms with Crippen LogP contribution in [0, 0.1) is 24.4 Å². The molecule has 0 saturated carbocycles. The summed E-state index contributed by atoms with van der Waals surface area (Å²) in [6.45, 7) is 1.89. The van der Waals surface area contributed by atoms with Crippen molar-refractivity contribution in [2.45, 2.75) is 12.3 Å². The van der Waals surface area contributed by atoms with Crippen molar-refractivity contribution in [3.05, 3.63) is 57.0 Å². The molecule has 1 unspecified atom stereocenters. The van der Waals surface area contributed by atoms with Gasteiger partial charge in [-0.25, -0.2) is 13.2 Å². The maximum atomic E-state index is 13.5. The Morgan fingerprint density at radius 3 is 2.35 bits per heavy atom. The molecule has 0 radical (unpaired) electrons. The lowest BCUT2D eigenvalue weighted by molar-refractivity contribution is 0.441. The topological polar surface area (TPSA) is 0 Å². The molecule has 0 amide bonds. The number of benzene rings is 1. The second kappa shape index (κ2) is 4.70. The lowest BCUT2D eigenvalue weighted by Crippen LogP contribution is -2.00. The van der Waals surface area contributed by atoms with Crippen molar-refractivity contribution >= 4 is 22.9 Å². The molecule has 90 valence electrons. The van der Waals surface area contributed by atoms with Crippen molar-refractivity contribution in [2.75, 3.05) is 0 Å². The van der Waals surface area contributed by atoms with Gasteiger partial charge >= 0.3 is 0 Å². The van der Waals surface area contributed by atoms with Crippen molar-refractivity contribution in [1.82, 2.24) is 0 Å². The van der Waals surface area contributed by atoms with Crippen LogP contribution in [0.1, 0.15) is 20.7 Å². The molecule has 0 N–H and O–H groups in total. The quantitative estimate of drug-likeness (QED) is 0.546. The summed E-state index contributed by atoms with van der Waals surface area (Å²) in [5.41, 5.74) is -0.0487. The Morgan fingerprint density at radius 2 is 1.76 bits per heavy atom. The standard InChI is InChI=1S/C12H8ClF3S/c1-6-2-5-9(17-6)10(13)7-3-4-8(14)12(16)11(7)15/h2-5,10H,1H3. The van der Waals surface area contributed by atoms with Gasteiger partial charge < -0.3 is 0 Å². The fourth-order valence-corrected chi connectivity index (χ4v) is 2.73. The molecule has 5 heteroatoms. The van der Waals surface area contributed by atoms with Gasteiger partial charge in [-0.3, -0.25) is 0 Å². The Labute approximate surface area is 106 Å². The van der Waals surface area contributed by atoms with Gasteiger partial charge in [-0.2, -0.15) is 0 Å². The monoisotopic (exact) mass is 276 g/mol. The number of halogens is 4. The van der Waals surface area contributed by atoms with Crippen molar-refractivity contribution in [2.24, 2.45) is 0 Å². The number of thiophene rings is 1. The Kier molecular flexibility index (Phi) is 3.45. The summed E-state index contributed by atoms with van der Waals surface area (Å²) in [5.74, 6) is -3.92. The van der Waals surface area contributed by atoms with Gasteiger partial charge in [0, 0.05) is 15.3 Å². The van der Waals surface area contributed by atoms with Crippen molar-refractivity contribution in [3.63, 3.8) is 0 Å². The molecule has 0 bridgehead atoms. The van der Waals surface area contributed by atoms with Crippen LogP contribution in [0.2, 0.25) is 0 Å². The van der Waals surface area contributed by atoms with Crippen LogP contribution >= 0.6 is 22.9 Å². The molecule has 0 fully saturated rings. The van der Waals surface area contributed by atoms with Crippen molar-refractivity contribution in [3.8, 4) is 0 Å². The second-order valence-corrected chi connectivity index (χ2v) is 5.33. The predicted octanol–water partition coefficient (Wildman–Crippen LogP) is 4.80. The first-order valence-corrected chi connectivity index (χ1v) is 6.10. The minimum Gasteiger partial charge on any atom is -0.204 e. The Balaban J connectivity index is 2.44. The van der Waals surface area contributed by atoms with Gasteiger partial charge in [0.1, 0.15) is 0 Å². The van der Waals surface area contributed by atoms with Crippen molar-refractivity contribution < 1.29 is 13.2 Å². The first-order valence-electron chi connectivity index (χ1n) is 4.84. The van der Waals surface area contributed by atoms with Gasteiger partial charge in [0.05, 0.1) is 5.38 Å². The predicted molar refractivity (Wildman–Crippen MR) is 63.1 cm³/mol. The molecular formula is C12H8ClF3S. The van der Waals surface area contributed by atoms with E-state index in [1.165, 1.54) is 17.4 Å². The molecule has 1 aromatic heterocycles. The van der Waals surface area contributed by atoms with Crippen LogP contribution in [-0.2, 0) is 0 Å². The number of aryl methyl sites for hydroxylation is 1. The molecule has 0 aliphatic carbocycles. The Bertz CT molecular complexity index is 551. The highest BCUT2D eigenvalue weighted by Gasteiger charge is 2.21. The zero-order chi connectivity index (χ0) is 12.6. The number of rotatable bonds is 2. The van der Waals surface area contributed by atoms with Crippen molar-refractivity contribution in [1.29, 1.82) is 0 Å². The first kappa shape index (κ1) is 12.5. The third-order valence-corrected chi connectivity index (χ3v) is 4.01. The molecule has 0 spiro atoms. The zero-order valence-corrected chi connectivity index (χ0v) is 10.4. The molecule has 0 saturated heterocycles. The lowest BCUT2D eigenvalue weighted by Gasteiger charge is -2.09. The third kappa shape index (κ3) is 2.33. The maximum absolute atomic E-state index is 13.5. The smallest absolute Gasteiger partial charge is 0.194 e. The second-order valence-electron chi connectivity index (χ2n) is 3.58. The van der Waals surface area contributed by atoms with E-state index in [0.717, 1.165) is 10.9 Å². The molecule has 1 atom stereocenters. The van der Waals surface area contributed by atoms with Crippen LogP contribution in [0.25, 0.3) is 0 Å². The van der Waals surface area contributed by atoms with Gasteiger partial charge in [0.2, 0.25) is 0 Å². The summed E-state index contributed by atoms with van der Waals surface area (Å²) >= 11 is 7.45. The van der Waals surface area contributed by atoms with Crippen LogP contribution in [0.4, 0.5) is 13.2 Å². The maximum Gasteiger partial charge on any atom is 0.194 e. The molecule has 17 heavy (non-hydrogen) atoms.